The van der Waals surface area contributed by atoms with Gasteiger partial charge in [0.15, 0.2) is 0 Å². The molecule has 1 aliphatic rings. The number of fused-ring (bicyclic) bond motifs is 1. The maximum absolute atomic E-state index is 13.4. The molecule has 0 saturated carbocycles. The summed E-state index contributed by atoms with van der Waals surface area (Å²) in [6, 6.07) is 5.39. The number of hydrogen-bond donors (Lipinski definition) is 1. The minimum absolute atomic E-state index is 0.122. The summed E-state index contributed by atoms with van der Waals surface area (Å²) in [6.45, 7) is 6.18. The Balaban J connectivity index is 1.97. The first-order chi connectivity index (χ1) is 14.9. The van der Waals surface area contributed by atoms with Gasteiger partial charge in [0.1, 0.15) is 5.56 Å². The summed E-state index contributed by atoms with van der Waals surface area (Å²) in [4.78, 5) is 38.8. The highest BCUT2D eigenvalue weighted by Crippen LogP contribution is 2.23. The van der Waals surface area contributed by atoms with Gasteiger partial charge in [0.05, 0.1) is 4.88 Å². The maximum Gasteiger partial charge on any atom is 0.304 e. The molecule has 168 valence electrons. The summed E-state index contributed by atoms with van der Waals surface area (Å²) in [6.07, 6.45) is 6.17. The number of amides is 1. The summed E-state index contributed by atoms with van der Waals surface area (Å²) in [5.41, 5.74) is 2.03. The third-order valence-corrected chi connectivity index (χ3v) is 6.54. The van der Waals surface area contributed by atoms with Crippen molar-refractivity contribution >= 4 is 23.2 Å². The van der Waals surface area contributed by atoms with Gasteiger partial charge in [-0.05, 0) is 61.1 Å². The maximum atomic E-state index is 13.4. The number of rotatable bonds is 7. The summed E-state index contributed by atoms with van der Waals surface area (Å²) < 4.78 is 7.14. The van der Waals surface area contributed by atoms with Crippen molar-refractivity contribution in [3.8, 4) is 0 Å². The Morgan fingerprint density at radius 1 is 1.19 bits per heavy atom. The molecule has 2 heterocycles. The van der Waals surface area contributed by atoms with E-state index in [1.165, 1.54) is 31.1 Å². The first-order valence-electron chi connectivity index (χ1n) is 11.1. The van der Waals surface area contributed by atoms with Gasteiger partial charge >= 0.3 is 5.97 Å². The number of ether oxygens (including phenoxy) is 1. The van der Waals surface area contributed by atoms with Crippen LogP contribution in [0.3, 0.4) is 0 Å². The predicted octanol–water partition coefficient (Wildman–Crippen LogP) is 4.61. The molecule has 31 heavy (non-hydrogen) atoms. The third kappa shape index (κ3) is 6.06. The number of aromatic nitrogens is 1. The fourth-order valence-electron chi connectivity index (χ4n) is 3.98. The monoisotopic (exact) mass is 444 g/mol. The Morgan fingerprint density at radius 3 is 2.58 bits per heavy atom. The van der Waals surface area contributed by atoms with Crippen molar-refractivity contribution in [1.29, 1.82) is 0 Å². The summed E-state index contributed by atoms with van der Waals surface area (Å²) in [5.74, 6) is -0.542. The Bertz CT molecular complexity index is 963. The van der Waals surface area contributed by atoms with E-state index in [0.717, 1.165) is 43.4 Å². The number of pyridine rings is 1. The van der Waals surface area contributed by atoms with Crippen molar-refractivity contribution < 1.29 is 14.3 Å². The van der Waals surface area contributed by atoms with E-state index in [0.29, 0.717) is 17.3 Å². The largest absolute Gasteiger partial charge is 0.437 e. The van der Waals surface area contributed by atoms with Crippen LogP contribution in [0.2, 0.25) is 0 Å². The van der Waals surface area contributed by atoms with Crippen LogP contribution in [0.25, 0.3) is 0 Å². The van der Waals surface area contributed by atoms with E-state index in [1.807, 2.05) is 16.0 Å². The molecule has 6 nitrogen and oxygen atoms in total. The highest BCUT2D eigenvalue weighted by atomic mass is 32.1. The first-order valence-corrected chi connectivity index (χ1v) is 12.0. The number of thiophene rings is 1. The van der Waals surface area contributed by atoms with Crippen LogP contribution in [0.4, 0.5) is 0 Å². The molecule has 1 aliphatic carbocycles. The van der Waals surface area contributed by atoms with E-state index < -0.39 is 18.1 Å². The van der Waals surface area contributed by atoms with Crippen LogP contribution in [0.15, 0.2) is 28.4 Å². The predicted molar refractivity (Wildman–Crippen MR) is 122 cm³/mol. The van der Waals surface area contributed by atoms with Gasteiger partial charge in [-0.3, -0.25) is 14.4 Å². The Labute approximate surface area is 187 Å². The Morgan fingerprint density at radius 2 is 1.94 bits per heavy atom. The van der Waals surface area contributed by atoms with Crippen LogP contribution in [0.1, 0.15) is 85.6 Å². The van der Waals surface area contributed by atoms with Gasteiger partial charge in [-0.1, -0.05) is 32.8 Å². The van der Waals surface area contributed by atoms with Crippen LogP contribution in [0, 0.1) is 5.92 Å². The lowest BCUT2D eigenvalue weighted by atomic mass is 9.95. The topological polar surface area (TPSA) is 77.4 Å². The molecule has 1 N–H and O–H groups in total. The van der Waals surface area contributed by atoms with Crippen molar-refractivity contribution in [2.45, 2.75) is 78.5 Å². The lowest BCUT2D eigenvalue weighted by Gasteiger charge is -2.22. The average molecular weight is 445 g/mol. The zero-order chi connectivity index (χ0) is 22.4. The number of nitrogens with one attached hydrogen (secondary N) is 1. The minimum Gasteiger partial charge on any atom is -0.437 e. The molecule has 0 radical (unpaired) electrons. The number of hydrogen-bond acceptors (Lipinski definition) is 5. The second-order valence-electron chi connectivity index (χ2n) is 8.56. The van der Waals surface area contributed by atoms with Gasteiger partial charge in [-0.2, -0.15) is 0 Å². The van der Waals surface area contributed by atoms with E-state index in [4.69, 9.17) is 4.74 Å². The molecular formula is C24H32N2O4S. The quantitative estimate of drug-likeness (QED) is 0.500. The molecule has 0 fully saturated rings. The lowest BCUT2D eigenvalue weighted by molar-refractivity contribution is -0.147. The molecule has 0 spiro atoms. The number of aryl methyl sites for hydroxylation is 1. The second kappa shape index (κ2) is 10.8. The van der Waals surface area contributed by atoms with Crippen LogP contribution in [-0.2, 0) is 28.9 Å². The molecule has 0 saturated heterocycles. The number of carbonyl (C=O) groups is 2. The van der Waals surface area contributed by atoms with E-state index >= 15 is 0 Å². The van der Waals surface area contributed by atoms with Crippen LogP contribution >= 0.6 is 11.3 Å². The molecule has 7 heteroatoms. The van der Waals surface area contributed by atoms with Gasteiger partial charge in [0.2, 0.25) is 6.23 Å². The fraction of sp³-hybridized carbons (Fsp3) is 0.542. The van der Waals surface area contributed by atoms with Gasteiger partial charge in [-0.15, -0.1) is 11.3 Å². The molecule has 1 amide bonds. The SMILES string of the molecule is CC(=O)OC(NC(=O)c1cc2c(n(CCC(C)C)c1=O)CCCCCC2)c1cccs1. The van der Waals surface area contributed by atoms with Crippen molar-refractivity contribution in [1.82, 2.24) is 9.88 Å². The fourth-order valence-corrected chi connectivity index (χ4v) is 4.68. The van der Waals surface area contributed by atoms with Crippen molar-refractivity contribution in [2.24, 2.45) is 5.92 Å². The lowest BCUT2D eigenvalue weighted by Crippen LogP contribution is -2.38. The van der Waals surface area contributed by atoms with Crippen molar-refractivity contribution in [3.63, 3.8) is 0 Å². The van der Waals surface area contributed by atoms with E-state index in [2.05, 4.69) is 19.2 Å². The molecule has 1 unspecified atom stereocenters. The van der Waals surface area contributed by atoms with Crippen LogP contribution in [0.5, 0.6) is 0 Å². The van der Waals surface area contributed by atoms with Crippen molar-refractivity contribution in [2.75, 3.05) is 0 Å². The summed E-state index contributed by atoms with van der Waals surface area (Å²) in [7, 11) is 0. The van der Waals surface area contributed by atoms with Gasteiger partial charge in [-0.25, -0.2) is 0 Å². The highest BCUT2D eigenvalue weighted by molar-refractivity contribution is 7.10. The zero-order valence-corrected chi connectivity index (χ0v) is 19.4. The van der Waals surface area contributed by atoms with Crippen molar-refractivity contribution in [3.05, 3.63) is 55.6 Å². The standard InChI is InChI=1S/C24H32N2O4S/c1-16(2)12-13-26-20-10-7-5-4-6-9-18(20)15-19(24(26)29)22(28)25-23(30-17(3)27)21-11-8-14-31-21/h8,11,14-16,23H,4-7,9-10,12-13H2,1-3H3,(H,25,28). The van der Waals surface area contributed by atoms with Gasteiger partial charge in [0.25, 0.3) is 11.5 Å². The summed E-state index contributed by atoms with van der Waals surface area (Å²) in [5, 5.41) is 4.60. The number of esters is 1. The molecule has 2 aromatic heterocycles. The highest BCUT2D eigenvalue weighted by Gasteiger charge is 2.24. The summed E-state index contributed by atoms with van der Waals surface area (Å²) >= 11 is 1.38. The molecule has 0 bridgehead atoms. The average Bonchev–Trinajstić information content (AvgIpc) is 3.22. The second-order valence-corrected chi connectivity index (χ2v) is 9.54. The van der Waals surface area contributed by atoms with E-state index in [-0.39, 0.29) is 11.1 Å². The molecule has 0 aliphatic heterocycles. The molecule has 0 aromatic carbocycles. The minimum atomic E-state index is -0.907. The molecular weight excluding hydrogens is 412 g/mol. The Kier molecular flexibility index (Phi) is 8.07. The van der Waals surface area contributed by atoms with Crippen LogP contribution < -0.4 is 10.9 Å². The van der Waals surface area contributed by atoms with Gasteiger partial charge < -0.3 is 14.6 Å². The van der Waals surface area contributed by atoms with Crippen LogP contribution in [-0.4, -0.2) is 16.4 Å². The smallest absolute Gasteiger partial charge is 0.304 e. The Hall–Kier alpha value is -2.41. The number of carbonyl (C=O) groups excluding carboxylic acids is 2. The zero-order valence-electron chi connectivity index (χ0n) is 18.6. The first kappa shape index (κ1) is 23.3. The van der Waals surface area contributed by atoms with E-state index in [9.17, 15) is 14.4 Å². The van der Waals surface area contributed by atoms with E-state index in [1.54, 1.807) is 12.1 Å². The molecule has 3 rings (SSSR count). The molecule has 1 atom stereocenters. The number of nitrogens with zero attached hydrogens (tertiary/aromatic N) is 1. The van der Waals surface area contributed by atoms with Gasteiger partial charge in [0, 0.05) is 19.2 Å². The normalized spacial score (nSPS) is 15.0. The third-order valence-electron chi connectivity index (χ3n) is 5.62. The molecule has 2 aromatic rings.